The number of nitrogens with zero attached hydrogens (tertiary/aromatic N) is 2. The van der Waals surface area contributed by atoms with Crippen LogP contribution in [0.15, 0.2) is 48.5 Å². The average Bonchev–Trinajstić information content (AvgIpc) is 2.68. The minimum Gasteiger partial charge on any atom is -0.491 e. The first-order valence-electron chi connectivity index (χ1n) is 10.1. The molecule has 1 N–H and O–H groups in total. The molecule has 1 aliphatic heterocycles. The lowest BCUT2D eigenvalue weighted by molar-refractivity contribution is 0.102. The number of sulfonamides is 1. The van der Waals surface area contributed by atoms with Crippen molar-refractivity contribution in [2.75, 3.05) is 38.5 Å². The third kappa shape index (κ3) is 6.04. The van der Waals surface area contributed by atoms with Crippen LogP contribution >= 0.6 is 0 Å². The van der Waals surface area contributed by atoms with Crippen molar-refractivity contribution in [2.45, 2.75) is 25.7 Å². The Labute approximate surface area is 178 Å². The Morgan fingerprint density at radius 1 is 1.07 bits per heavy atom. The van der Waals surface area contributed by atoms with E-state index in [9.17, 15) is 13.2 Å². The molecule has 0 spiro atoms. The number of benzene rings is 2. The van der Waals surface area contributed by atoms with Crippen LogP contribution in [-0.2, 0) is 15.8 Å². The van der Waals surface area contributed by atoms with E-state index < -0.39 is 10.0 Å². The molecule has 0 bridgehead atoms. The zero-order valence-corrected chi connectivity index (χ0v) is 18.5. The van der Waals surface area contributed by atoms with Gasteiger partial charge in [-0.05, 0) is 50.7 Å². The van der Waals surface area contributed by atoms with Crippen LogP contribution in [-0.4, -0.2) is 62.9 Å². The van der Waals surface area contributed by atoms with Crippen molar-refractivity contribution in [1.29, 1.82) is 0 Å². The molecule has 0 unspecified atom stereocenters. The summed E-state index contributed by atoms with van der Waals surface area (Å²) in [6, 6.07) is 13.9. The van der Waals surface area contributed by atoms with Gasteiger partial charge in [0.15, 0.2) is 0 Å². The fourth-order valence-corrected chi connectivity index (χ4v) is 4.76. The predicted octanol–water partition coefficient (Wildman–Crippen LogP) is 2.80. The van der Waals surface area contributed by atoms with Gasteiger partial charge in [-0.2, -0.15) is 4.31 Å². The summed E-state index contributed by atoms with van der Waals surface area (Å²) >= 11 is 0. The van der Waals surface area contributed by atoms with Gasteiger partial charge in [-0.1, -0.05) is 18.2 Å². The van der Waals surface area contributed by atoms with Gasteiger partial charge in [0, 0.05) is 43.5 Å². The normalized spacial score (nSPS) is 15.9. The van der Waals surface area contributed by atoms with Gasteiger partial charge in [-0.25, -0.2) is 8.42 Å². The molecule has 0 saturated carbocycles. The molecule has 0 radical (unpaired) electrons. The number of nitrogens with one attached hydrogen (secondary N) is 1. The maximum absolute atomic E-state index is 12.6. The lowest BCUT2D eigenvalue weighted by Gasteiger charge is -2.31. The van der Waals surface area contributed by atoms with Gasteiger partial charge >= 0.3 is 0 Å². The minimum absolute atomic E-state index is 0.0469. The topological polar surface area (TPSA) is 78.9 Å². The molecule has 3 rings (SSSR count). The lowest BCUT2D eigenvalue weighted by atomic mass is 10.1. The number of ether oxygens (including phenoxy) is 1. The highest BCUT2D eigenvalue weighted by Gasteiger charge is 2.25. The molecule has 30 heavy (non-hydrogen) atoms. The van der Waals surface area contributed by atoms with Crippen LogP contribution in [0.1, 0.15) is 29.8 Å². The van der Waals surface area contributed by atoms with Crippen LogP contribution in [0.4, 0.5) is 5.69 Å². The van der Waals surface area contributed by atoms with Gasteiger partial charge in [-0.15, -0.1) is 0 Å². The number of rotatable bonds is 7. The van der Waals surface area contributed by atoms with E-state index in [1.54, 1.807) is 40.7 Å². The minimum atomic E-state index is -3.36. The van der Waals surface area contributed by atoms with E-state index in [4.69, 9.17) is 4.74 Å². The van der Waals surface area contributed by atoms with Gasteiger partial charge in [0.2, 0.25) is 10.0 Å². The van der Waals surface area contributed by atoms with Crippen LogP contribution in [0, 0.1) is 0 Å². The number of carbonyl (C=O) groups is 1. The third-order valence-corrected chi connectivity index (χ3v) is 6.73. The summed E-state index contributed by atoms with van der Waals surface area (Å²) in [5, 5.41) is 2.85. The van der Waals surface area contributed by atoms with Gasteiger partial charge in [0.1, 0.15) is 5.75 Å². The van der Waals surface area contributed by atoms with E-state index in [0.717, 1.165) is 13.1 Å². The van der Waals surface area contributed by atoms with Crippen LogP contribution in [0.3, 0.4) is 0 Å². The van der Waals surface area contributed by atoms with Crippen molar-refractivity contribution < 1.29 is 17.9 Å². The first kappa shape index (κ1) is 22.3. The molecule has 0 aliphatic carbocycles. The van der Waals surface area contributed by atoms with Crippen molar-refractivity contribution in [1.82, 2.24) is 9.21 Å². The van der Waals surface area contributed by atoms with Crippen molar-refractivity contribution >= 4 is 21.6 Å². The molecule has 1 saturated heterocycles. The molecule has 7 nitrogen and oxygen atoms in total. The number of hydrogen-bond donors (Lipinski definition) is 1. The summed E-state index contributed by atoms with van der Waals surface area (Å²) in [6.07, 6.45) is 0.0469. The summed E-state index contributed by atoms with van der Waals surface area (Å²) in [5.41, 5.74) is 1.77. The molecule has 162 valence electrons. The number of piperazine rings is 1. The first-order chi connectivity index (χ1) is 14.2. The fourth-order valence-electron chi connectivity index (χ4n) is 3.24. The van der Waals surface area contributed by atoms with E-state index in [2.05, 4.69) is 10.2 Å². The SMILES string of the molecule is CC(C)Oc1cccc(NC(=O)c2ccc(CS(=O)(=O)N3CCN(C)CC3)cc2)c1. The predicted molar refractivity (Wildman–Crippen MR) is 118 cm³/mol. The number of likely N-dealkylation sites (N-methyl/N-ethyl adjacent to an activating group) is 1. The van der Waals surface area contributed by atoms with Gasteiger partial charge in [-0.3, -0.25) is 4.79 Å². The number of hydrogen-bond acceptors (Lipinski definition) is 5. The summed E-state index contributed by atoms with van der Waals surface area (Å²) in [7, 11) is -1.38. The molecule has 1 aliphatic rings. The number of anilines is 1. The van der Waals surface area contributed by atoms with Gasteiger partial charge < -0.3 is 15.0 Å². The van der Waals surface area contributed by atoms with E-state index >= 15 is 0 Å². The lowest BCUT2D eigenvalue weighted by Crippen LogP contribution is -2.47. The zero-order valence-electron chi connectivity index (χ0n) is 17.7. The number of carbonyl (C=O) groups excluding carboxylic acids is 1. The highest BCUT2D eigenvalue weighted by atomic mass is 32.2. The summed E-state index contributed by atoms with van der Waals surface area (Å²) in [5.74, 6) is 0.366. The van der Waals surface area contributed by atoms with Gasteiger partial charge in [0.25, 0.3) is 5.91 Å². The Hall–Kier alpha value is -2.42. The zero-order chi connectivity index (χ0) is 21.7. The molecule has 2 aromatic rings. The Morgan fingerprint density at radius 3 is 2.37 bits per heavy atom. The molecule has 0 aromatic heterocycles. The Bertz CT molecular complexity index is 966. The summed E-state index contributed by atoms with van der Waals surface area (Å²) in [6.45, 7) is 6.38. The van der Waals surface area contributed by atoms with Crippen LogP contribution < -0.4 is 10.1 Å². The molecule has 1 fully saturated rings. The highest BCUT2D eigenvalue weighted by molar-refractivity contribution is 7.88. The van der Waals surface area contributed by atoms with E-state index in [0.29, 0.717) is 35.7 Å². The first-order valence-corrected chi connectivity index (χ1v) is 11.7. The Kier molecular flexibility index (Phi) is 7.12. The summed E-state index contributed by atoms with van der Waals surface area (Å²) < 4.78 is 32.5. The van der Waals surface area contributed by atoms with Crippen molar-refractivity contribution in [3.63, 3.8) is 0 Å². The van der Waals surface area contributed by atoms with Crippen molar-refractivity contribution in [3.05, 3.63) is 59.7 Å². The largest absolute Gasteiger partial charge is 0.491 e. The molecule has 1 heterocycles. The quantitative estimate of drug-likeness (QED) is 0.729. The Morgan fingerprint density at radius 2 is 1.73 bits per heavy atom. The second-order valence-electron chi connectivity index (χ2n) is 7.80. The Balaban J connectivity index is 1.62. The second kappa shape index (κ2) is 9.59. The maximum atomic E-state index is 12.6. The van der Waals surface area contributed by atoms with E-state index in [1.165, 1.54) is 0 Å². The molecular weight excluding hydrogens is 402 g/mol. The molecule has 0 atom stereocenters. The monoisotopic (exact) mass is 431 g/mol. The molecule has 1 amide bonds. The van der Waals surface area contributed by atoms with E-state index in [-0.39, 0.29) is 17.8 Å². The highest BCUT2D eigenvalue weighted by Crippen LogP contribution is 2.20. The molecule has 8 heteroatoms. The van der Waals surface area contributed by atoms with Crippen molar-refractivity contribution in [3.8, 4) is 5.75 Å². The summed E-state index contributed by atoms with van der Waals surface area (Å²) in [4.78, 5) is 14.7. The third-order valence-electron chi connectivity index (χ3n) is 4.88. The van der Waals surface area contributed by atoms with Crippen LogP contribution in [0.25, 0.3) is 0 Å². The second-order valence-corrected chi connectivity index (χ2v) is 9.77. The van der Waals surface area contributed by atoms with E-state index in [1.807, 2.05) is 33.0 Å². The molecular formula is C22H29N3O4S. The fraction of sp³-hybridized carbons (Fsp3) is 0.409. The average molecular weight is 432 g/mol. The van der Waals surface area contributed by atoms with Crippen molar-refractivity contribution in [2.24, 2.45) is 0 Å². The van der Waals surface area contributed by atoms with Crippen LogP contribution in [0.2, 0.25) is 0 Å². The standard InChI is InChI=1S/C22H29N3O4S/c1-17(2)29-21-6-4-5-20(15-21)23-22(26)19-9-7-18(8-10-19)16-30(27,28)25-13-11-24(3)12-14-25/h4-10,15,17H,11-14,16H2,1-3H3,(H,23,26). The smallest absolute Gasteiger partial charge is 0.255 e. The number of amides is 1. The van der Waals surface area contributed by atoms with Crippen LogP contribution in [0.5, 0.6) is 5.75 Å². The maximum Gasteiger partial charge on any atom is 0.255 e. The van der Waals surface area contributed by atoms with Gasteiger partial charge in [0.05, 0.1) is 11.9 Å². The molecule has 2 aromatic carbocycles.